The van der Waals surface area contributed by atoms with Crippen LogP contribution >= 0.6 is 11.8 Å². The molecule has 4 nitrogen and oxygen atoms in total. The summed E-state index contributed by atoms with van der Waals surface area (Å²) in [4.78, 5) is 26.0. The van der Waals surface area contributed by atoms with Crippen molar-refractivity contribution in [3.63, 3.8) is 0 Å². The van der Waals surface area contributed by atoms with Crippen molar-refractivity contribution in [2.75, 3.05) is 18.9 Å². The molecule has 1 aliphatic carbocycles. The topological polar surface area (TPSA) is 66.4 Å². The Kier molecular flexibility index (Phi) is 5.61. The van der Waals surface area contributed by atoms with Gasteiger partial charge in [0.15, 0.2) is 5.78 Å². The molecule has 0 aromatic heterocycles. The van der Waals surface area contributed by atoms with Gasteiger partial charge < -0.3 is 10.4 Å². The molecule has 24 heavy (non-hydrogen) atoms. The number of fused-ring (bicyclic) bond motifs is 2. The van der Waals surface area contributed by atoms with Gasteiger partial charge in [0, 0.05) is 28.7 Å². The van der Waals surface area contributed by atoms with Gasteiger partial charge in [0.25, 0.3) is 0 Å². The third kappa shape index (κ3) is 3.52. The lowest BCUT2D eigenvalue weighted by atomic mass is 9.76. The van der Waals surface area contributed by atoms with Crippen LogP contribution in [0.2, 0.25) is 0 Å². The fourth-order valence-electron chi connectivity index (χ4n) is 3.76. The summed E-state index contributed by atoms with van der Waals surface area (Å²) in [5, 5.41) is 11.5. The van der Waals surface area contributed by atoms with Crippen LogP contribution in [-0.2, 0) is 4.79 Å². The van der Waals surface area contributed by atoms with Gasteiger partial charge in [-0.1, -0.05) is 18.9 Å². The van der Waals surface area contributed by atoms with Gasteiger partial charge in [-0.15, -0.1) is 11.8 Å². The Morgan fingerprint density at radius 1 is 1.38 bits per heavy atom. The molecule has 1 aromatic carbocycles. The summed E-state index contributed by atoms with van der Waals surface area (Å²) in [5.41, 5.74) is 1.76. The molecule has 0 saturated heterocycles. The minimum atomic E-state index is -0.289. The van der Waals surface area contributed by atoms with E-state index in [1.807, 2.05) is 25.1 Å². The first-order valence-corrected chi connectivity index (χ1v) is 9.80. The molecule has 5 heteroatoms. The summed E-state index contributed by atoms with van der Waals surface area (Å²) >= 11 is 1.77. The number of hydrogen-bond donors (Lipinski definition) is 2. The number of aliphatic hydroxyl groups excluding tert-OH is 1. The monoisotopic (exact) mass is 347 g/mol. The third-order valence-electron chi connectivity index (χ3n) is 5.27. The Balaban J connectivity index is 1.82. The van der Waals surface area contributed by atoms with E-state index < -0.39 is 0 Å². The van der Waals surface area contributed by atoms with E-state index in [0.717, 1.165) is 41.0 Å². The molecule has 1 aromatic rings. The number of Topliss-reactive ketones (excluding diaryl/α,β-unsaturated/α-hetero) is 1. The zero-order chi connectivity index (χ0) is 17.1. The molecule has 1 fully saturated rings. The Bertz CT molecular complexity index is 631. The third-order valence-corrected chi connectivity index (χ3v) is 6.52. The van der Waals surface area contributed by atoms with Gasteiger partial charge in [-0.2, -0.15) is 0 Å². The van der Waals surface area contributed by atoms with E-state index in [2.05, 4.69) is 5.32 Å². The predicted molar refractivity (Wildman–Crippen MR) is 95.5 cm³/mol. The highest BCUT2D eigenvalue weighted by Gasteiger charge is 2.35. The molecule has 2 aliphatic rings. The fraction of sp³-hybridized carbons (Fsp3) is 0.579. The first kappa shape index (κ1) is 17.5. The molecule has 0 bridgehead atoms. The highest BCUT2D eigenvalue weighted by Crippen LogP contribution is 2.42. The summed E-state index contributed by atoms with van der Waals surface area (Å²) in [5.74, 6) is 1.59. The van der Waals surface area contributed by atoms with Gasteiger partial charge in [-0.3, -0.25) is 9.59 Å². The lowest BCUT2D eigenvalue weighted by molar-refractivity contribution is -0.122. The zero-order valence-corrected chi connectivity index (χ0v) is 14.9. The maximum absolute atomic E-state index is 12.9. The van der Waals surface area contributed by atoms with Gasteiger partial charge in [0.2, 0.25) is 5.91 Å². The van der Waals surface area contributed by atoms with Crippen LogP contribution in [0.25, 0.3) is 0 Å². The van der Waals surface area contributed by atoms with Crippen molar-refractivity contribution in [1.29, 1.82) is 0 Å². The van der Waals surface area contributed by atoms with E-state index in [1.54, 1.807) is 11.8 Å². The van der Waals surface area contributed by atoms with E-state index in [4.69, 9.17) is 5.11 Å². The smallest absolute Gasteiger partial charge is 0.227 e. The number of rotatable bonds is 4. The number of ketones is 1. The van der Waals surface area contributed by atoms with Crippen LogP contribution in [0.4, 0.5) is 0 Å². The van der Waals surface area contributed by atoms with Crippen LogP contribution in [0.15, 0.2) is 23.1 Å². The van der Waals surface area contributed by atoms with Crippen LogP contribution in [-0.4, -0.2) is 35.7 Å². The van der Waals surface area contributed by atoms with Gasteiger partial charge in [0.05, 0.1) is 12.5 Å². The number of benzene rings is 1. The van der Waals surface area contributed by atoms with E-state index in [9.17, 15) is 9.59 Å². The van der Waals surface area contributed by atoms with Crippen molar-refractivity contribution in [2.24, 2.45) is 11.8 Å². The van der Waals surface area contributed by atoms with Gasteiger partial charge >= 0.3 is 0 Å². The molecule has 0 radical (unpaired) electrons. The highest BCUT2D eigenvalue weighted by molar-refractivity contribution is 7.99. The molecule has 0 spiro atoms. The Labute approximate surface area is 147 Å². The predicted octanol–water partition coefficient (Wildman–Crippen LogP) is 2.99. The fourth-order valence-corrected chi connectivity index (χ4v) is 5.10. The van der Waals surface area contributed by atoms with E-state index in [0.29, 0.717) is 11.7 Å². The second kappa shape index (κ2) is 7.70. The van der Waals surface area contributed by atoms with Crippen molar-refractivity contribution in [3.8, 4) is 0 Å². The minimum Gasteiger partial charge on any atom is -0.395 e. The van der Waals surface area contributed by atoms with Crippen molar-refractivity contribution in [2.45, 2.75) is 43.4 Å². The van der Waals surface area contributed by atoms with Crippen molar-refractivity contribution >= 4 is 23.5 Å². The van der Waals surface area contributed by atoms with Crippen molar-refractivity contribution in [3.05, 3.63) is 29.3 Å². The normalized spacial score (nSPS) is 24.5. The van der Waals surface area contributed by atoms with Crippen LogP contribution < -0.4 is 5.32 Å². The SMILES string of the molecule is CC(C(=O)NCCO)c1ccc2c(c1)SC[C@@H]1CCCC[C@H]1C2=O. The molecule has 1 saturated carbocycles. The second-order valence-corrected chi connectivity index (χ2v) is 7.88. The molecule has 1 amide bonds. The quantitative estimate of drug-likeness (QED) is 0.879. The summed E-state index contributed by atoms with van der Waals surface area (Å²) in [6, 6.07) is 5.83. The van der Waals surface area contributed by atoms with E-state index in [-0.39, 0.29) is 30.9 Å². The summed E-state index contributed by atoms with van der Waals surface area (Å²) in [7, 11) is 0. The number of carbonyl (C=O) groups excluding carboxylic acids is 2. The summed E-state index contributed by atoms with van der Waals surface area (Å²) in [6.45, 7) is 2.07. The van der Waals surface area contributed by atoms with Gasteiger partial charge in [-0.25, -0.2) is 0 Å². The lowest BCUT2D eigenvalue weighted by Crippen LogP contribution is -2.30. The maximum atomic E-state index is 12.9. The molecule has 3 rings (SSSR count). The van der Waals surface area contributed by atoms with Crippen LogP contribution in [0.1, 0.15) is 54.4 Å². The number of carbonyl (C=O) groups is 2. The average Bonchev–Trinajstić information content (AvgIpc) is 2.76. The highest BCUT2D eigenvalue weighted by atomic mass is 32.2. The molecule has 1 aliphatic heterocycles. The largest absolute Gasteiger partial charge is 0.395 e. The maximum Gasteiger partial charge on any atom is 0.227 e. The molecule has 130 valence electrons. The Morgan fingerprint density at radius 2 is 2.17 bits per heavy atom. The number of aliphatic hydroxyl groups is 1. The first-order chi connectivity index (χ1) is 11.6. The number of amides is 1. The van der Waals surface area contributed by atoms with Gasteiger partial charge in [0.1, 0.15) is 0 Å². The van der Waals surface area contributed by atoms with Crippen LogP contribution in [0.5, 0.6) is 0 Å². The molecule has 1 unspecified atom stereocenters. The number of nitrogens with one attached hydrogen (secondary N) is 1. The standard InChI is InChI=1S/C19H25NO3S/c1-12(19(23)20-8-9-21)13-6-7-16-17(10-13)24-11-14-4-2-3-5-15(14)18(16)22/h6-7,10,12,14-15,21H,2-5,8-9,11H2,1H3,(H,20,23)/t12?,14-,15+/m0/s1. The number of hydrogen-bond acceptors (Lipinski definition) is 4. The Hall–Kier alpha value is -1.33. The second-order valence-electron chi connectivity index (χ2n) is 6.82. The van der Waals surface area contributed by atoms with Crippen molar-refractivity contribution in [1.82, 2.24) is 5.32 Å². The average molecular weight is 347 g/mol. The minimum absolute atomic E-state index is 0.0597. The zero-order valence-electron chi connectivity index (χ0n) is 14.1. The Morgan fingerprint density at radius 3 is 2.96 bits per heavy atom. The summed E-state index contributed by atoms with van der Waals surface area (Å²) < 4.78 is 0. The van der Waals surface area contributed by atoms with E-state index in [1.165, 1.54) is 6.42 Å². The molecule has 2 N–H and O–H groups in total. The van der Waals surface area contributed by atoms with Gasteiger partial charge in [-0.05, 0) is 43.4 Å². The lowest BCUT2D eigenvalue weighted by Gasteiger charge is -2.28. The first-order valence-electron chi connectivity index (χ1n) is 8.81. The summed E-state index contributed by atoms with van der Waals surface area (Å²) in [6.07, 6.45) is 4.57. The van der Waals surface area contributed by atoms with Crippen LogP contribution in [0.3, 0.4) is 0 Å². The molecule has 1 heterocycles. The van der Waals surface area contributed by atoms with E-state index >= 15 is 0 Å². The number of thioether (sulfide) groups is 1. The molecular weight excluding hydrogens is 322 g/mol. The molecular formula is C19H25NO3S. The molecule has 3 atom stereocenters. The van der Waals surface area contributed by atoms with Crippen molar-refractivity contribution < 1.29 is 14.7 Å². The van der Waals surface area contributed by atoms with Crippen LogP contribution in [0, 0.1) is 11.8 Å².